The van der Waals surface area contributed by atoms with E-state index >= 15 is 0 Å². The van der Waals surface area contributed by atoms with Gasteiger partial charge in [0.25, 0.3) is 0 Å². The normalized spacial score (nSPS) is 9.59. The van der Waals surface area contributed by atoms with Gasteiger partial charge in [-0.3, -0.25) is 0 Å². The van der Waals surface area contributed by atoms with Gasteiger partial charge in [0.15, 0.2) is 0 Å². The van der Waals surface area contributed by atoms with E-state index in [1.165, 1.54) is 12.1 Å². The first-order valence-electron chi connectivity index (χ1n) is 5.75. The molecular weight excluding hydrogens is 239 g/mol. The third-order valence-corrected chi connectivity index (χ3v) is 2.37. The van der Waals surface area contributed by atoms with Crippen molar-refractivity contribution < 1.29 is 9.13 Å². The maximum Gasteiger partial charge on any atom is 0.137 e. The van der Waals surface area contributed by atoms with E-state index in [1.54, 1.807) is 6.07 Å². The van der Waals surface area contributed by atoms with E-state index in [0.717, 1.165) is 19.3 Å². The number of unbranched alkanes of at least 4 members (excludes halogenated alkanes) is 2. The lowest BCUT2D eigenvalue weighted by molar-refractivity contribution is 0.304. The van der Waals surface area contributed by atoms with Crippen LogP contribution in [0.5, 0.6) is 5.75 Å². The van der Waals surface area contributed by atoms with E-state index in [9.17, 15) is 4.39 Å². The number of alkyl halides is 1. The minimum atomic E-state index is -0.313. The highest BCUT2D eigenvalue weighted by molar-refractivity contribution is 6.19. The second-order valence-corrected chi connectivity index (χ2v) is 3.90. The Morgan fingerprint density at radius 1 is 1.35 bits per heavy atom. The van der Waals surface area contributed by atoms with Crippen molar-refractivity contribution in [2.45, 2.75) is 26.2 Å². The lowest BCUT2D eigenvalue weighted by atomic mass is 10.2. The molecule has 0 radical (unpaired) electrons. The molecule has 0 atom stereocenters. The van der Waals surface area contributed by atoms with Gasteiger partial charge in [-0.25, -0.2) is 4.39 Å². The maximum atomic E-state index is 13.1. The number of ether oxygens (including phenoxy) is 1. The molecule has 0 unspecified atom stereocenters. The molecule has 0 bridgehead atoms. The first-order chi connectivity index (χ1) is 8.27. The highest BCUT2D eigenvalue weighted by Crippen LogP contribution is 2.19. The summed E-state index contributed by atoms with van der Waals surface area (Å²) in [7, 11) is 0. The fraction of sp³-hybridized carbons (Fsp3) is 0.429. The average molecular weight is 255 g/mol. The average Bonchev–Trinajstić information content (AvgIpc) is 2.33. The first kappa shape index (κ1) is 13.9. The van der Waals surface area contributed by atoms with E-state index in [-0.39, 0.29) is 11.7 Å². The monoisotopic (exact) mass is 254 g/mol. The lowest BCUT2D eigenvalue weighted by Gasteiger charge is -2.07. The molecule has 1 aromatic rings. The minimum Gasteiger partial charge on any atom is -0.492 e. The fourth-order valence-corrected chi connectivity index (χ4v) is 1.45. The van der Waals surface area contributed by atoms with Crippen LogP contribution in [-0.2, 0) is 0 Å². The van der Waals surface area contributed by atoms with Crippen molar-refractivity contribution in [1.29, 1.82) is 0 Å². The van der Waals surface area contributed by atoms with E-state index in [2.05, 4.69) is 18.8 Å². The van der Waals surface area contributed by atoms with Crippen molar-refractivity contribution in [3.63, 3.8) is 0 Å². The van der Waals surface area contributed by atoms with Gasteiger partial charge >= 0.3 is 0 Å². The van der Waals surface area contributed by atoms with Crippen molar-refractivity contribution in [3.8, 4) is 17.6 Å². The Balaban J connectivity index is 2.69. The van der Waals surface area contributed by atoms with Crippen LogP contribution in [0.15, 0.2) is 18.2 Å². The van der Waals surface area contributed by atoms with Crippen LogP contribution in [0.3, 0.4) is 0 Å². The van der Waals surface area contributed by atoms with Crippen LogP contribution in [0, 0.1) is 17.7 Å². The Kier molecular flexibility index (Phi) is 6.50. The fourth-order valence-electron chi connectivity index (χ4n) is 1.38. The quantitative estimate of drug-likeness (QED) is 0.439. The second kappa shape index (κ2) is 7.97. The predicted octanol–water partition coefficient (Wildman–Crippen LogP) is 3.99. The van der Waals surface area contributed by atoms with Crippen LogP contribution < -0.4 is 4.74 Å². The minimum absolute atomic E-state index is 0.257. The smallest absolute Gasteiger partial charge is 0.137 e. The van der Waals surface area contributed by atoms with Crippen LogP contribution in [-0.4, -0.2) is 12.5 Å². The van der Waals surface area contributed by atoms with Gasteiger partial charge in [0.05, 0.1) is 18.1 Å². The lowest BCUT2D eigenvalue weighted by Crippen LogP contribution is -1.99. The van der Waals surface area contributed by atoms with Crippen molar-refractivity contribution in [2.24, 2.45) is 0 Å². The van der Waals surface area contributed by atoms with Crippen molar-refractivity contribution >= 4 is 11.6 Å². The molecule has 1 aromatic carbocycles. The molecule has 1 rings (SSSR count). The highest BCUT2D eigenvalue weighted by atomic mass is 35.5. The molecule has 17 heavy (non-hydrogen) atoms. The molecule has 0 aromatic heterocycles. The van der Waals surface area contributed by atoms with E-state index < -0.39 is 0 Å². The van der Waals surface area contributed by atoms with Gasteiger partial charge in [-0.05, 0) is 18.6 Å². The van der Waals surface area contributed by atoms with Crippen LogP contribution >= 0.6 is 11.6 Å². The Bertz CT molecular complexity index is 406. The summed E-state index contributed by atoms with van der Waals surface area (Å²) in [6, 6.07) is 4.35. The van der Waals surface area contributed by atoms with Crippen LogP contribution in [0.1, 0.15) is 31.7 Å². The van der Waals surface area contributed by atoms with Gasteiger partial charge in [-0.15, -0.1) is 11.6 Å². The molecular formula is C14H16ClFO. The summed E-state index contributed by atoms with van der Waals surface area (Å²) in [5.74, 6) is 6.04. The molecule has 0 spiro atoms. The van der Waals surface area contributed by atoms with E-state index in [0.29, 0.717) is 17.9 Å². The Labute approximate surface area is 107 Å². The molecule has 0 amide bonds. The van der Waals surface area contributed by atoms with Gasteiger partial charge < -0.3 is 4.74 Å². The molecule has 3 heteroatoms. The zero-order valence-electron chi connectivity index (χ0n) is 9.93. The van der Waals surface area contributed by atoms with E-state index in [4.69, 9.17) is 16.3 Å². The molecule has 0 aliphatic heterocycles. The SMILES string of the molecule is CCCCCOc1cc(F)ccc1C#CCCl. The number of halogens is 2. The summed E-state index contributed by atoms with van der Waals surface area (Å²) >= 11 is 5.49. The van der Waals surface area contributed by atoms with Crippen molar-refractivity contribution in [1.82, 2.24) is 0 Å². The van der Waals surface area contributed by atoms with Gasteiger partial charge in [0.1, 0.15) is 11.6 Å². The van der Waals surface area contributed by atoms with Crippen LogP contribution in [0.25, 0.3) is 0 Å². The molecule has 0 saturated carbocycles. The summed E-state index contributed by atoms with van der Waals surface area (Å²) in [6.07, 6.45) is 3.21. The summed E-state index contributed by atoms with van der Waals surface area (Å²) in [5, 5.41) is 0. The topological polar surface area (TPSA) is 9.23 Å². The summed E-state index contributed by atoms with van der Waals surface area (Å²) in [4.78, 5) is 0. The van der Waals surface area contributed by atoms with E-state index in [1.807, 2.05) is 0 Å². The Morgan fingerprint density at radius 3 is 2.88 bits per heavy atom. The van der Waals surface area contributed by atoms with Gasteiger partial charge in [0.2, 0.25) is 0 Å². The predicted molar refractivity (Wildman–Crippen MR) is 69.0 cm³/mol. The highest BCUT2D eigenvalue weighted by Gasteiger charge is 2.03. The molecule has 0 aliphatic carbocycles. The van der Waals surface area contributed by atoms with Crippen LogP contribution in [0.4, 0.5) is 4.39 Å². The number of rotatable bonds is 5. The number of benzene rings is 1. The van der Waals surface area contributed by atoms with Gasteiger partial charge in [-0.2, -0.15) is 0 Å². The first-order valence-corrected chi connectivity index (χ1v) is 6.28. The molecule has 0 fully saturated rings. The Hall–Kier alpha value is -1.20. The van der Waals surface area contributed by atoms with Crippen molar-refractivity contribution in [2.75, 3.05) is 12.5 Å². The van der Waals surface area contributed by atoms with Crippen LogP contribution in [0.2, 0.25) is 0 Å². The molecule has 0 aliphatic rings. The number of hydrogen-bond donors (Lipinski definition) is 0. The standard InChI is InChI=1S/C14H16ClFO/c1-2-3-4-10-17-14-11-13(16)8-7-12(14)6-5-9-15/h7-8,11H,2-4,9-10H2,1H3. The maximum absolute atomic E-state index is 13.1. The Morgan fingerprint density at radius 2 is 2.18 bits per heavy atom. The van der Waals surface area contributed by atoms with Crippen molar-refractivity contribution in [3.05, 3.63) is 29.6 Å². The third-order valence-electron chi connectivity index (χ3n) is 2.24. The summed E-state index contributed by atoms with van der Waals surface area (Å²) in [5.41, 5.74) is 0.684. The largest absolute Gasteiger partial charge is 0.492 e. The number of hydrogen-bond acceptors (Lipinski definition) is 1. The zero-order chi connectivity index (χ0) is 12.5. The zero-order valence-corrected chi connectivity index (χ0v) is 10.7. The molecule has 0 saturated heterocycles. The third kappa shape index (κ3) is 5.10. The van der Waals surface area contributed by atoms with Gasteiger partial charge in [-0.1, -0.05) is 31.6 Å². The summed E-state index contributed by atoms with van der Waals surface area (Å²) < 4.78 is 18.6. The molecule has 1 nitrogen and oxygen atoms in total. The molecule has 0 N–H and O–H groups in total. The molecule has 92 valence electrons. The summed E-state index contributed by atoms with van der Waals surface area (Å²) in [6.45, 7) is 2.71. The second-order valence-electron chi connectivity index (χ2n) is 3.63. The molecule has 0 heterocycles. The van der Waals surface area contributed by atoms with Gasteiger partial charge in [0, 0.05) is 6.07 Å².